The molecule has 8 heteroatoms. The van der Waals surface area contributed by atoms with Crippen LogP contribution in [0, 0.1) is 20.8 Å². The van der Waals surface area contributed by atoms with E-state index >= 15 is 0 Å². The van der Waals surface area contributed by atoms with Crippen LogP contribution in [0.4, 0.5) is 0 Å². The third-order valence-electron chi connectivity index (χ3n) is 4.61. The van der Waals surface area contributed by atoms with E-state index in [9.17, 15) is 4.79 Å². The molecule has 1 amide bonds. The van der Waals surface area contributed by atoms with Gasteiger partial charge in [0, 0.05) is 24.1 Å². The number of likely N-dealkylation sites (tertiary alicyclic amines) is 1. The molecule has 1 atom stereocenters. The Hall–Kier alpha value is -2.77. The maximum Gasteiger partial charge on any atom is 0.293 e. The number of carbonyl (C=O) groups excluding carboxylic acids is 1. The molecule has 4 rings (SSSR count). The van der Waals surface area contributed by atoms with Gasteiger partial charge in [-0.1, -0.05) is 0 Å². The van der Waals surface area contributed by atoms with Crippen molar-refractivity contribution in [3.63, 3.8) is 0 Å². The molecule has 3 aromatic heterocycles. The van der Waals surface area contributed by atoms with E-state index in [-0.39, 0.29) is 17.8 Å². The number of hydrogen-bond acceptors (Lipinski definition) is 5. The van der Waals surface area contributed by atoms with Crippen LogP contribution in [0.3, 0.4) is 0 Å². The van der Waals surface area contributed by atoms with Gasteiger partial charge in [-0.15, -0.1) is 5.10 Å². The Morgan fingerprint density at radius 3 is 2.88 bits per heavy atom. The molecule has 0 aliphatic carbocycles. The first-order valence-electron chi connectivity index (χ1n) is 8.52. The van der Waals surface area contributed by atoms with E-state index in [0.29, 0.717) is 12.3 Å². The van der Waals surface area contributed by atoms with Gasteiger partial charge in [0.05, 0.1) is 18.8 Å². The van der Waals surface area contributed by atoms with Crippen molar-refractivity contribution in [1.29, 1.82) is 0 Å². The molecule has 1 aliphatic heterocycles. The SMILES string of the molecule is Cc1cnn(C[C@H]2CCCN2C(=O)c2nc3nc(C)cc(C)n3n2)c1. The van der Waals surface area contributed by atoms with E-state index in [1.807, 2.05) is 48.8 Å². The maximum atomic E-state index is 12.9. The Morgan fingerprint density at radius 2 is 2.12 bits per heavy atom. The third-order valence-corrected chi connectivity index (χ3v) is 4.61. The topological polar surface area (TPSA) is 81.2 Å². The van der Waals surface area contributed by atoms with Gasteiger partial charge in [-0.3, -0.25) is 9.48 Å². The summed E-state index contributed by atoms with van der Waals surface area (Å²) in [6, 6.07) is 2.04. The molecule has 0 spiro atoms. The van der Waals surface area contributed by atoms with Gasteiger partial charge >= 0.3 is 0 Å². The molecule has 0 bridgehead atoms. The number of aromatic nitrogens is 6. The summed E-state index contributed by atoms with van der Waals surface area (Å²) >= 11 is 0. The molecule has 1 fully saturated rings. The lowest BCUT2D eigenvalue weighted by atomic mass is 10.2. The number of carbonyl (C=O) groups is 1. The summed E-state index contributed by atoms with van der Waals surface area (Å²) in [7, 11) is 0. The largest absolute Gasteiger partial charge is 0.331 e. The molecule has 1 aliphatic rings. The van der Waals surface area contributed by atoms with E-state index in [1.54, 1.807) is 4.52 Å². The Bertz CT molecular complexity index is 942. The van der Waals surface area contributed by atoms with E-state index < -0.39 is 0 Å². The smallest absolute Gasteiger partial charge is 0.293 e. The number of rotatable bonds is 3. The van der Waals surface area contributed by atoms with Crippen molar-refractivity contribution in [3.05, 3.63) is 41.2 Å². The highest BCUT2D eigenvalue weighted by atomic mass is 16.2. The Morgan fingerprint density at radius 1 is 1.28 bits per heavy atom. The monoisotopic (exact) mass is 339 g/mol. The average molecular weight is 339 g/mol. The Labute approximate surface area is 145 Å². The average Bonchev–Trinajstić information content (AvgIpc) is 3.27. The van der Waals surface area contributed by atoms with Crippen LogP contribution in [0.5, 0.6) is 0 Å². The van der Waals surface area contributed by atoms with E-state index in [4.69, 9.17) is 0 Å². The summed E-state index contributed by atoms with van der Waals surface area (Å²) in [6.45, 7) is 7.28. The van der Waals surface area contributed by atoms with Gasteiger partial charge in [-0.25, -0.2) is 9.50 Å². The second-order valence-corrected chi connectivity index (χ2v) is 6.72. The Balaban J connectivity index is 1.60. The highest BCUT2D eigenvalue weighted by molar-refractivity contribution is 5.91. The molecule has 8 nitrogen and oxygen atoms in total. The molecule has 0 unspecified atom stereocenters. The fraction of sp³-hybridized carbons (Fsp3) is 0.471. The van der Waals surface area contributed by atoms with Crippen LogP contribution >= 0.6 is 0 Å². The minimum Gasteiger partial charge on any atom is -0.331 e. The molecule has 1 saturated heterocycles. The first-order valence-corrected chi connectivity index (χ1v) is 8.52. The zero-order valence-electron chi connectivity index (χ0n) is 14.7. The van der Waals surface area contributed by atoms with Gasteiger partial charge in [0.15, 0.2) is 0 Å². The first-order chi connectivity index (χ1) is 12.0. The van der Waals surface area contributed by atoms with Crippen LogP contribution < -0.4 is 0 Å². The molecular formula is C17H21N7O. The predicted molar refractivity (Wildman–Crippen MR) is 91.3 cm³/mol. The summed E-state index contributed by atoms with van der Waals surface area (Å²) < 4.78 is 3.53. The molecule has 25 heavy (non-hydrogen) atoms. The van der Waals surface area contributed by atoms with E-state index in [0.717, 1.165) is 36.3 Å². The fourth-order valence-electron chi connectivity index (χ4n) is 3.46. The van der Waals surface area contributed by atoms with Crippen LogP contribution in [0.15, 0.2) is 18.5 Å². The summed E-state index contributed by atoms with van der Waals surface area (Å²) in [4.78, 5) is 23.5. The molecule has 3 aromatic rings. The van der Waals surface area contributed by atoms with Crippen molar-refractivity contribution >= 4 is 11.7 Å². The second-order valence-electron chi connectivity index (χ2n) is 6.72. The van der Waals surface area contributed by atoms with Crippen molar-refractivity contribution in [2.45, 2.75) is 46.2 Å². The summed E-state index contributed by atoms with van der Waals surface area (Å²) in [5.74, 6) is 0.554. The van der Waals surface area contributed by atoms with E-state index in [1.165, 1.54) is 0 Å². The molecule has 0 radical (unpaired) electrons. The van der Waals surface area contributed by atoms with Crippen LogP contribution in [-0.4, -0.2) is 52.8 Å². The third kappa shape index (κ3) is 2.88. The fourth-order valence-corrected chi connectivity index (χ4v) is 3.46. The van der Waals surface area contributed by atoms with E-state index in [2.05, 4.69) is 20.2 Å². The number of fused-ring (bicyclic) bond motifs is 1. The second kappa shape index (κ2) is 5.94. The molecule has 0 N–H and O–H groups in total. The van der Waals surface area contributed by atoms with Crippen molar-refractivity contribution < 1.29 is 4.79 Å². The summed E-state index contributed by atoms with van der Waals surface area (Å²) in [5, 5.41) is 8.71. The lowest BCUT2D eigenvalue weighted by molar-refractivity contribution is 0.0709. The van der Waals surface area contributed by atoms with Gasteiger partial charge < -0.3 is 4.90 Å². The highest BCUT2D eigenvalue weighted by Gasteiger charge is 2.32. The minimum atomic E-state index is -0.131. The van der Waals surface area contributed by atoms with Gasteiger partial charge in [0.1, 0.15) is 0 Å². The lowest BCUT2D eigenvalue weighted by Crippen LogP contribution is -2.38. The standard InChI is InChI=1S/C17H21N7O/c1-11-8-18-22(9-11)10-14-5-4-6-23(14)16(25)15-20-17-19-12(2)7-13(3)24(17)21-15/h7-9,14H,4-6,10H2,1-3H3/t14-/m1/s1. The van der Waals surface area contributed by atoms with Crippen LogP contribution in [0.1, 0.15) is 40.4 Å². The van der Waals surface area contributed by atoms with Gasteiger partial charge in [-0.05, 0) is 45.2 Å². The number of amides is 1. The zero-order valence-corrected chi connectivity index (χ0v) is 14.7. The molecular weight excluding hydrogens is 318 g/mol. The number of nitrogens with zero attached hydrogens (tertiary/aromatic N) is 7. The predicted octanol–water partition coefficient (Wildman–Crippen LogP) is 1.55. The molecule has 130 valence electrons. The van der Waals surface area contributed by atoms with Crippen molar-refractivity contribution in [3.8, 4) is 0 Å². The van der Waals surface area contributed by atoms with Crippen LogP contribution in [0.2, 0.25) is 0 Å². The summed E-state index contributed by atoms with van der Waals surface area (Å²) in [6.07, 6.45) is 5.79. The molecule has 0 saturated carbocycles. The first kappa shape index (κ1) is 15.7. The van der Waals surface area contributed by atoms with Crippen molar-refractivity contribution in [2.75, 3.05) is 6.54 Å². The van der Waals surface area contributed by atoms with Gasteiger partial charge in [-0.2, -0.15) is 10.1 Å². The molecule has 0 aromatic carbocycles. The Kier molecular flexibility index (Phi) is 3.74. The van der Waals surface area contributed by atoms with Crippen molar-refractivity contribution in [2.24, 2.45) is 0 Å². The lowest BCUT2D eigenvalue weighted by Gasteiger charge is -2.23. The number of aryl methyl sites for hydroxylation is 3. The van der Waals surface area contributed by atoms with Crippen molar-refractivity contribution in [1.82, 2.24) is 34.3 Å². The summed E-state index contributed by atoms with van der Waals surface area (Å²) in [5.41, 5.74) is 2.90. The normalized spacial score (nSPS) is 17.6. The minimum absolute atomic E-state index is 0.120. The molecule has 4 heterocycles. The van der Waals surface area contributed by atoms with Crippen LogP contribution in [-0.2, 0) is 6.54 Å². The van der Waals surface area contributed by atoms with Crippen LogP contribution in [0.25, 0.3) is 5.78 Å². The van der Waals surface area contributed by atoms with Gasteiger partial charge in [0.2, 0.25) is 5.82 Å². The quantitative estimate of drug-likeness (QED) is 0.723. The zero-order chi connectivity index (χ0) is 17.6. The number of hydrogen-bond donors (Lipinski definition) is 0. The highest BCUT2D eigenvalue weighted by Crippen LogP contribution is 2.21. The maximum absolute atomic E-state index is 12.9. The van der Waals surface area contributed by atoms with Gasteiger partial charge in [0.25, 0.3) is 11.7 Å².